The predicted molar refractivity (Wildman–Crippen MR) is 134 cm³/mol. The van der Waals surface area contributed by atoms with Gasteiger partial charge in [-0.1, -0.05) is 32.4 Å². The van der Waals surface area contributed by atoms with Crippen LogP contribution in [0.5, 0.6) is 0 Å². The van der Waals surface area contributed by atoms with E-state index in [0.29, 0.717) is 0 Å². The van der Waals surface area contributed by atoms with Crippen LogP contribution in [-0.4, -0.2) is 49.2 Å². The summed E-state index contributed by atoms with van der Waals surface area (Å²) in [5.41, 5.74) is 1.25. The summed E-state index contributed by atoms with van der Waals surface area (Å²) in [6, 6.07) is 0. The molecule has 0 radical (unpaired) electrons. The first-order valence-corrected chi connectivity index (χ1v) is 14.0. The van der Waals surface area contributed by atoms with Crippen molar-refractivity contribution in [1.29, 1.82) is 0 Å². The third-order valence-electron chi connectivity index (χ3n) is 10.8. The Morgan fingerprint density at radius 3 is 2.03 bits per heavy atom. The molecule has 4 bridgehead atoms. The van der Waals surface area contributed by atoms with Crippen LogP contribution in [0.1, 0.15) is 99.3 Å². The van der Waals surface area contributed by atoms with E-state index in [0.717, 1.165) is 45.1 Å². The Hall–Kier alpha value is -0.910. The molecule has 5 nitrogen and oxygen atoms in total. The number of epoxide rings is 2. The van der Waals surface area contributed by atoms with E-state index in [1.807, 2.05) is 0 Å². The standard InChI is InChI=1S/C30H46O5/c1-19(2)8-9-21-28(6,35-21)23-22(32-7)20(10-11-30(23)18-33-30)34-24(31)29-15-25(3)12-26(4,16-29)14-27(5,13-25)17-29/h8,20-23H,9-18H2,1-7H3/t20-,21-,22-,23-,25?,26?,27?,28+,29?,30+/m1/s1. The minimum Gasteiger partial charge on any atom is -0.459 e. The van der Waals surface area contributed by atoms with Gasteiger partial charge in [0, 0.05) is 7.11 Å². The fraction of sp³-hybridized carbons (Fsp3) is 0.900. The maximum absolute atomic E-state index is 14.1. The van der Waals surface area contributed by atoms with Crippen molar-refractivity contribution in [3.05, 3.63) is 11.6 Å². The number of ether oxygens (including phenoxy) is 4. The molecule has 0 N–H and O–H groups in total. The van der Waals surface area contributed by atoms with E-state index in [1.165, 1.54) is 24.8 Å². The lowest BCUT2D eigenvalue weighted by Crippen LogP contribution is -2.62. The highest BCUT2D eigenvalue weighted by Crippen LogP contribution is 2.74. The second-order valence-corrected chi connectivity index (χ2v) is 15.1. The molecule has 7 rings (SSSR count). The van der Waals surface area contributed by atoms with E-state index in [4.69, 9.17) is 18.9 Å². The summed E-state index contributed by atoms with van der Waals surface area (Å²) in [5, 5.41) is 0. The molecular formula is C30H46O5. The first-order valence-electron chi connectivity index (χ1n) is 14.0. The van der Waals surface area contributed by atoms with Crippen LogP contribution in [0.2, 0.25) is 0 Å². The highest BCUT2D eigenvalue weighted by atomic mass is 16.6. The van der Waals surface area contributed by atoms with Gasteiger partial charge in [0.25, 0.3) is 0 Å². The van der Waals surface area contributed by atoms with Crippen LogP contribution >= 0.6 is 0 Å². The molecule has 35 heavy (non-hydrogen) atoms. The lowest BCUT2D eigenvalue weighted by molar-refractivity contribution is -0.220. The Balaban J connectivity index is 1.23. The average Bonchev–Trinajstić information content (AvgIpc) is 3.61. The van der Waals surface area contributed by atoms with E-state index >= 15 is 0 Å². The van der Waals surface area contributed by atoms with Crippen LogP contribution in [0, 0.1) is 27.6 Å². The van der Waals surface area contributed by atoms with Gasteiger partial charge >= 0.3 is 5.97 Å². The van der Waals surface area contributed by atoms with Gasteiger partial charge in [0.05, 0.1) is 24.0 Å². The lowest BCUT2D eigenvalue weighted by atomic mass is 9.36. The fourth-order valence-corrected chi connectivity index (χ4v) is 10.8. The van der Waals surface area contributed by atoms with E-state index in [9.17, 15) is 4.79 Å². The molecule has 196 valence electrons. The number of esters is 1. The SMILES string of the molecule is CO[C@@H]1[C@H](OC(=O)C23CC4(C)CC(C)(CC(C)(C4)C2)C3)CC[C@]2(CO2)[C@H]1[C@@]1(C)O[C@@H]1CC=C(C)C. The van der Waals surface area contributed by atoms with Crippen LogP contribution < -0.4 is 0 Å². The first-order chi connectivity index (χ1) is 16.3. The molecule has 5 saturated carbocycles. The molecule has 0 unspecified atom stereocenters. The van der Waals surface area contributed by atoms with Crippen molar-refractivity contribution >= 4 is 5.97 Å². The molecule has 6 atom stereocenters. The third-order valence-corrected chi connectivity index (χ3v) is 10.8. The first kappa shape index (κ1) is 24.4. The lowest BCUT2D eigenvalue weighted by Gasteiger charge is -2.68. The Labute approximate surface area is 211 Å². The highest BCUT2D eigenvalue weighted by molar-refractivity contribution is 5.78. The van der Waals surface area contributed by atoms with Gasteiger partial charge in [0.2, 0.25) is 0 Å². The number of methoxy groups -OCH3 is 1. The molecule has 2 heterocycles. The zero-order valence-corrected chi connectivity index (χ0v) is 23.0. The largest absolute Gasteiger partial charge is 0.459 e. The van der Waals surface area contributed by atoms with E-state index in [2.05, 4.69) is 47.6 Å². The van der Waals surface area contributed by atoms with Crippen molar-refractivity contribution in [3.63, 3.8) is 0 Å². The predicted octanol–water partition coefficient (Wildman–Crippen LogP) is 5.99. The summed E-state index contributed by atoms with van der Waals surface area (Å²) in [4.78, 5) is 14.1. The van der Waals surface area contributed by atoms with Gasteiger partial charge < -0.3 is 18.9 Å². The third kappa shape index (κ3) is 3.77. The van der Waals surface area contributed by atoms with Crippen LogP contribution in [0.15, 0.2) is 11.6 Å². The van der Waals surface area contributed by atoms with Crippen molar-refractivity contribution in [1.82, 2.24) is 0 Å². The number of hydrogen-bond donors (Lipinski definition) is 0. The summed E-state index contributed by atoms with van der Waals surface area (Å²) in [7, 11) is 1.77. The molecule has 2 saturated heterocycles. The Kier molecular flexibility index (Phi) is 5.13. The zero-order chi connectivity index (χ0) is 25.1. The molecule has 0 aromatic heterocycles. The average molecular weight is 487 g/mol. The molecule has 1 spiro atoms. The molecule has 7 fully saturated rings. The van der Waals surface area contributed by atoms with Gasteiger partial charge in [-0.2, -0.15) is 0 Å². The molecule has 0 aromatic carbocycles. The molecule has 0 aromatic rings. The smallest absolute Gasteiger partial charge is 0.312 e. The topological polar surface area (TPSA) is 60.6 Å². The quantitative estimate of drug-likeness (QED) is 0.262. The number of carbonyl (C=O) groups excluding carboxylic acids is 1. The van der Waals surface area contributed by atoms with E-state index in [-0.39, 0.29) is 63.1 Å². The molecule has 0 amide bonds. The van der Waals surface area contributed by atoms with Crippen LogP contribution in [0.25, 0.3) is 0 Å². The minimum absolute atomic E-state index is 0.0432. The van der Waals surface area contributed by atoms with Crippen LogP contribution in [0.3, 0.4) is 0 Å². The van der Waals surface area contributed by atoms with Crippen molar-refractivity contribution in [2.24, 2.45) is 27.6 Å². The van der Waals surface area contributed by atoms with Crippen LogP contribution in [0.4, 0.5) is 0 Å². The summed E-state index contributed by atoms with van der Waals surface area (Å²) in [6.07, 6.45) is 11.3. The van der Waals surface area contributed by atoms with Crippen molar-refractivity contribution in [3.8, 4) is 0 Å². The van der Waals surface area contributed by atoms with Gasteiger partial charge in [0.15, 0.2) is 0 Å². The second kappa shape index (κ2) is 7.35. The molecule has 7 aliphatic rings. The van der Waals surface area contributed by atoms with E-state index < -0.39 is 0 Å². The second-order valence-electron chi connectivity index (χ2n) is 15.1. The minimum atomic E-state index is -0.335. The molecule has 5 aliphatic carbocycles. The molecular weight excluding hydrogens is 440 g/mol. The van der Waals surface area contributed by atoms with Gasteiger partial charge in [-0.15, -0.1) is 0 Å². The summed E-state index contributed by atoms with van der Waals surface area (Å²) in [6.45, 7) is 14.5. The van der Waals surface area contributed by atoms with Gasteiger partial charge in [-0.3, -0.25) is 4.79 Å². The fourth-order valence-electron chi connectivity index (χ4n) is 10.8. The maximum Gasteiger partial charge on any atom is 0.312 e. The van der Waals surface area contributed by atoms with E-state index in [1.54, 1.807) is 7.11 Å². The Morgan fingerprint density at radius 1 is 0.971 bits per heavy atom. The van der Waals surface area contributed by atoms with Crippen molar-refractivity contribution in [2.75, 3.05) is 13.7 Å². The van der Waals surface area contributed by atoms with Gasteiger partial charge in [-0.05, 0) is 94.8 Å². The van der Waals surface area contributed by atoms with Crippen molar-refractivity contribution < 1.29 is 23.7 Å². The number of rotatable bonds is 6. The highest BCUT2D eigenvalue weighted by Gasteiger charge is 2.73. The Bertz CT molecular complexity index is 891. The van der Waals surface area contributed by atoms with Gasteiger partial charge in [0.1, 0.15) is 23.4 Å². The van der Waals surface area contributed by atoms with Crippen LogP contribution in [-0.2, 0) is 23.7 Å². The maximum atomic E-state index is 14.1. The number of allylic oxidation sites excluding steroid dienone is 1. The van der Waals surface area contributed by atoms with Gasteiger partial charge in [-0.25, -0.2) is 0 Å². The Morgan fingerprint density at radius 2 is 1.54 bits per heavy atom. The summed E-state index contributed by atoms with van der Waals surface area (Å²) in [5.74, 6) is 0.118. The summed E-state index contributed by atoms with van der Waals surface area (Å²) >= 11 is 0. The normalized spacial score (nSPS) is 55.6. The van der Waals surface area contributed by atoms with Crippen molar-refractivity contribution in [2.45, 2.75) is 129 Å². The zero-order valence-electron chi connectivity index (χ0n) is 23.0. The number of hydrogen-bond acceptors (Lipinski definition) is 5. The molecule has 2 aliphatic heterocycles. The monoisotopic (exact) mass is 486 g/mol. The summed E-state index contributed by atoms with van der Waals surface area (Å²) < 4.78 is 25.1. The number of carbonyl (C=O) groups is 1. The molecule has 5 heteroatoms.